The monoisotopic (exact) mass is 435 g/mol. The zero-order valence-corrected chi connectivity index (χ0v) is 17.4. The van der Waals surface area contributed by atoms with Crippen LogP contribution >= 0.6 is 11.8 Å². The van der Waals surface area contributed by atoms with Crippen molar-refractivity contribution in [1.29, 1.82) is 0 Å². The first-order chi connectivity index (χ1) is 14.1. The van der Waals surface area contributed by atoms with E-state index in [9.17, 15) is 22.8 Å². The molecule has 0 aliphatic heterocycles. The largest absolute Gasteiger partial charge is 0.405 e. The number of nitrogens with zero attached hydrogens (tertiary/aromatic N) is 2. The lowest BCUT2D eigenvalue weighted by atomic mass is 10.1. The summed E-state index contributed by atoms with van der Waals surface area (Å²) in [5.41, 5.74) is 2.47. The van der Waals surface area contributed by atoms with Crippen LogP contribution < -0.4 is 10.9 Å². The summed E-state index contributed by atoms with van der Waals surface area (Å²) in [7, 11) is 0. The van der Waals surface area contributed by atoms with Gasteiger partial charge >= 0.3 is 6.18 Å². The second-order valence-corrected chi connectivity index (χ2v) is 8.19. The van der Waals surface area contributed by atoms with E-state index in [4.69, 9.17) is 0 Å². The van der Waals surface area contributed by atoms with Crippen molar-refractivity contribution in [3.8, 4) is 5.69 Å². The van der Waals surface area contributed by atoms with Crippen LogP contribution in [0.15, 0.2) is 52.4 Å². The molecule has 5 nitrogen and oxygen atoms in total. The normalized spacial score (nSPS) is 12.7. The summed E-state index contributed by atoms with van der Waals surface area (Å²) < 4.78 is 38.7. The van der Waals surface area contributed by atoms with E-state index in [-0.39, 0.29) is 10.7 Å². The Kier molecular flexibility index (Phi) is 6.21. The molecule has 1 atom stereocenters. The van der Waals surface area contributed by atoms with Crippen molar-refractivity contribution in [2.45, 2.75) is 37.4 Å². The molecule has 9 heteroatoms. The molecule has 1 heterocycles. The van der Waals surface area contributed by atoms with Gasteiger partial charge in [0.15, 0.2) is 5.16 Å². The molecule has 0 fully saturated rings. The third-order valence-electron chi connectivity index (χ3n) is 4.52. The number of para-hydroxylation sites is 2. The van der Waals surface area contributed by atoms with Gasteiger partial charge in [0.2, 0.25) is 5.91 Å². The van der Waals surface area contributed by atoms with E-state index in [2.05, 4.69) is 4.98 Å². The Bertz CT molecular complexity index is 1140. The number of amides is 1. The van der Waals surface area contributed by atoms with E-state index in [1.54, 1.807) is 24.3 Å². The van der Waals surface area contributed by atoms with Crippen LogP contribution in [0.3, 0.4) is 0 Å². The van der Waals surface area contributed by atoms with Gasteiger partial charge in [-0.25, -0.2) is 4.98 Å². The van der Waals surface area contributed by atoms with Crippen LogP contribution in [0.2, 0.25) is 0 Å². The molecule has 3 rings (SSSR count). The van der Waals surface area contributed by atoms with E-state index < -0.39 is 23.9 Å². The molecule has 30 heavy (non-hydrogen) atoms. The summed E-state index contributed by atoms with van der Waals surface area (Å²) in [6.45, 7) is 3.79. The lowest BCUT2D eigenvalue weighted by Gasteiger charge is -2.19. The van der Waals surface area contributed by atoms with Crippen molar-refractivity contribution in [2.24, 2.45) is 0 Å². The number of fused-ring (bicyclic) bond motifs is 1. The van der Waals surface area contributed by atoms with Gasteiger partial charge in [0.25, 0.3) is 5.56 Å². The lowest BCUT2D eigenvalue weighted by Crippen LogP contribution is -2.38. The minimum absolute atomic E-state index is 0.241. The maximum atomic E-state index is 13.3. The van der Waals surface area contributed by atoms with Gasteiger partial charge in [-0.3, -0.25) is 14.2 Å². The highest BCUT2D eigenvalue weighted by atomic mass is 32.2. The third-order valence-corrected chi connectivity index (χ3v) is 5.57. The maximum absolute atomic E-state index is 13.3. The van der Waals surface area contributed by atoms with Gasteiger partial charge < -0.3 is 5.32 Å². The fraction of sp³-hybridized carbons (Fsp3) is 0.286. The van der Waals surface area contributed by atoms with E-state index in [1.165, 1.54) is 11.5 Å². The zero-order chi connectivity index (χ0) is 22.1. The fourth-order valence-electron chi connectivity index (χ4n) is 3.09. The smallest absolute Gasteiger partial charge is 0.346 e. The number of halogens is 3. The van der Waals surface area contributed by atoms with Crippen molar-refractivity contribution >= 4 is 28.6 Å². The molecule has 0 aliphatic carbocycles. The molecular formula is C21H20F3N3O2S. The fourth-order valence-corrected chi connectivity index (χ4v) is 4.03. The predicted molar refractivity (Wildman–Crippen MR) is 111 cm³/mol. The first-order valence-corrected chi connectivity index (χ1v) is 10.1. The van der Waals surface area contributed by atoms with Gasteiger partial charge in [-0.15, -0.1) is 0 Å². The molecule has 158 valence electrons. The summed E-state index contributed by atoms with van der Waals surface area (Å²) in [5, 5.41) is 1.64. The third kappa shape index (κ3) is 4.67. The van der Waals surface area contributed by atoms with Crippen LogP contribution in [0.1, 0.15) is 18.1 Å². The van der Waals surface area contributed by atoms with Crippen molar-refractivity contribution in [1.82, 2.24) is 14.9 Å². The summed E-state index contributed by atoms with van der Waals surface area (Å²) >= 11 is 0.943. The number of rotatable bonds is 5. The Morgan fingerprint density at radius 3 is 2.40 bits per heavy atom. The summed E-state index contributed by atoms with van der Waals surface area (Å²) in [4.78, 5) is 30.0. The number of hydrogen-bond donors (Lipinski definition) is 1. The average Bonchev–Trinajstić information content (AvgIpc) is 2.67. The van der Waals surface area contributed by atoms with Crippen LogP contribution in [-0.4, -0.2) is 33.4 Å². The zero-order valence-electron chi connectivity index (χ0n) is 16.6. The number of carbonyl (C=O) groups excluding carboxylic acids is 1. The van der Waals surface area contributed by atoms with E-state index in [1.807, 2.05) is 37.4 Å². The minimum Gasteiger partial charge on any atom is -0.346 e. The number of alkyl halides is 3. The molecule has 0 saturated carbocycles. The van der Waals surface area contributed by atoms with Crippen molar-refractivity contribution in [2.75, 3.05) is 6.54 Å². The highest BCUT2D eigenvalue weighted by molar-refractivity contribution is 8.00. The Labute approximate surface area is 175 Å². The van der Waals surface area contributed by atoms with Gasteiger partial charge in [-0.05, 0) is 44.0 Å². The Morgan fingerprint density at radius 2 is 1.77 bits per heavy atom. The highest BCUT2D eigenvalue weighted by Crippen LogP contribution is 2.28. The molecule has 1 N–H and O–H groups in total. The van der Waals surface area contributed by atoms with Crippen LogP contribution in [0.5, 0.6) is 0 Å². The Hall–Kier alpha value is -2.81. The first kappa shape index (κ1) is 21.9. The summed E-state index contributed by atoms with van der Waals surface area (Å²) in [6, 6.07) is 12.4. The van der Waals surface area contributed by atoms with Gasteiger partial charge in [0, 0.05) is 0 Å². The molecule has 2 aromatic carbocycles. The quantitative estimate of drug-likeness (QED) is 0.483. The van der Waals surface area contributed by atoms with Crippen molar-refractivity contribution in [3.63, 3.8) is 0 Å². The molecule has 1 aromatic heterocycles. The van der Waals surface area contributed by atoms with Gasteiger partial charge in [0.05, 0.1) is 21.8 Å². The number of aromatic nitrogens is 2. The minimum atomic E-state index is -4.50. The molecule has 3 aromatic rings. The number of hydrogen-bond acceptors (Lipinski definition) is 4. The van der Waals surface area contributed by atoms with E-state index >= 15 is 0 Å². The SMILES string of the molecule is Cc1cccc(C)c1-n1c(SC(C)C(=O)NCC(F)(F)F)nc2ccccc2c1=O. The number of benzene rings is 2. The van der Waals surface area contributed by atoms with Gasteiger partial charge in [-0.1, -0.05) is 42.1 Å². The number of thioether (sulfide) groups is 1. The molecule has 0 aliphatic rings. The highest BCUT2D eigenvalue weighted by Gasteiger charge is 2.29. The number of nitrogens with one attached hydrogen (secondary N) is 1. The molecule has 1 amide bonds. The number of aryl methyl sites for hydroxylation is 2. The van der Waals surface area contributed by atoms with Crippen LogP contribution in [0.25, 0.3) is 16.6 Å². The Morgan fingerprint density at radius 1 is 1.13 bits per heavy atom. The summed E-state index contributed by atoms with van der Waals surface area (Å²) in [6.07, 6.45) is -4.50. The molecular weight excluding hydrogens is 415 g/mol. The lowest BCUT2D eigenvalue weighted by molar-refractivity contribution is -0.137. The van der Waals surface area contributed by atoms with Crippen molar-refractivity contribution < 1.29 is 18.0 Å². The summed E-state index contributed by atoms with van der Waals surface area (Å²) in [5.74, 6) is -0.784. The molecule has 0 spiro atoms. The second-order valence-electron chi connectivity index (χ2n) is 6.89. The molecule has 0 saturated heterocycles. The second kappa shape index (κ2) is 8.51. The predicted octanol–water partition coefficient (Wildman–Crippen LogP) is 4.16. The Balaban J connectivity index is 2.10. The number of carbonyl (C=O) groups is 1. The average molecular weight is 435 g/mol. The van der Waals surface area contributed by atoms with Crippen LogP contribution in [0, 0.1) is 13.8 Å². The van der Waals surface area contributed by atoms with E-state index in [0.29, 0.717) is 16.6 Å². The van der Waals surface area contributed by atoms with Crippen LogP contribution in [0.4, 0.5) is 13.2 Å². The maximum Gasteiger partial charge on any atom is 0.405 e. The van der Waals surface area contributed by atoms with Gasteiger partial charge in [-0.2, -0.15) is 13.2 Å². The van der Waals surface area contributed by atoms with Crippen molar-refractivity contribution in [3.05, 3.63) is 63.9 Å². The topological polar surface area (TPSA) is 64.0 Å². The first-order valence-electron chi connectivity index (χ1n) is 9.18. The standard InChI is InChI=1S/C21H20F3N3O2S/c1-12-7-6-8-13(2)17(12)27-19(29)15-9-4-5-10-16(15)26-20(27)30-14(3)18(28)25-11-21(22,23)24/h4-10,14H,11H2,1-3H3,(H,25,28). The van der Waals surface area contributed by atoms with E-state index in [0.717, 1.165) is 22.9 Å². The molecule has 0 bridgehead atoms. The molecule has 0 radical (unpaired) electrons. The van der Waals surface area contributed by atoms with Gasteiger partial charge in [0.1, 0.15) is 6.54 Å². The van der Waals surface area contributed by atoms with Crippen LogP contribution in [-0.2, 0) is 4.79 Å². The molecule has 1 unspecified atom stereocenters.